The number of aromatic nitrogens is 1. The van der Waals surface area contributed by atoms with Crippen molar-refractivity contribution in [2.75, 3.05) is 13.1 Å². The SMILES string of the molecule is Cc1ncsc1CNC(C)CN1CCCC1=O. The van der Waals surface area contributed by atoms with Gasteiger partial charge in [0.25, 0.3) is 0 Å². The minimum Gasteiger partial charge on any atom is -0.341 e. The minimum atomic E-state index is 0.299. The first kappa shape index (κ1) is 12.5. The molecule has 0 aromatic carbocycles. The fourth-order valence-corrected chi connectivity index (χ4v) is 2.78. The maximum Gasteiger partial charge on any atom is 0.222 e. The van der Waals surface area contributed by atoms with Crippen molar-refractivity contribution >= 4 is 17.2 Å². The fourth-order valence-electron chi connectivity index (χ4n) is 2.06. The van der Waals surface area contributed by atoms with Crippen molar-refractivity contribution in [1.82, 2.24) is 15.2 Å². The molecule has 0 aliphatic carbocycles. The Morgan fingerprint density at radius 2 is 2.47 bits per heavy atom. The van der Waals surface area contributed by atoms with Gasteiger partial charge in [-0.15, -0.1) is 11.3 Å². The van der Waals surface area contributed by atoms with Gasteiger partial charge in [-0.05, 0) is 20.3 Å². The quantitative estimate of drug-likeness (QED) is 0.866. The maximum absolute atomic E-state index is 11.5. The van der Waals surface area contributed by atoms with E-state index in [1.165, 1.54) is 4.88 Å². The van der Waals surface area contributed by atoms with E-state index in [-0.39, 0.29) is 0 Å². The lowest BCUT2D eigenvalue weighted by atomic mass is 10.3. The summed E-state index contributed by atoms with van der Waals surface area (Å²) < 4.78 is 0. The summed E-state index contributed by atoms with van der Waals surface area (Å²) in [6.07, 6.45) is 1.74. The Bertz CT molecular complexity index is 391. The second kappa shape index (κ2) is 5.60. The summed E-state index contributed by atoms with van der Waals surface area (Å²) >= 11 is 1.68. The highest BCUT2D eigenvalue weighted by Gasteiger charge is 2.21. The third-order valence-corrected chi connectivity index (χ3v) is 4.06. The number of aryl methyl sites for hydroxylation is 1. The third kappa shape index (κ3) is 3.26. The summed E-state index contributed by atoms with van der Waals surface area (Å²) in [7, 11) is 0. The van der Waals surface area contributed by atoms with Crippen LogP contribution in [0.2, 0.25) is 0 Å². The van der Waals surface area contributed by atoms with Crippen LogP contribution in [0.15, 0.2) is 5.51 Å². The number of nitrogens with one attached hydrogen (secondary N) is 1. The Hall–Kier alpha value is -0.940. The van der Waals surface area contributed by atoms with E-state index in [4.69, 9.17) is 0 Å². The van der Waals surface area contributed by atoms with Crippen LogP contribution in [0.4, 0.5) is 0 Å². The van der Waals surface area contributed by atoms with E-state index in [1.54, 1.807) is 11.3 Å². The molecule has 2 heterocycles. The van der Waals surface area contributed by atoms with Gasteiger partial charge in [-0.3, -0.25) is 4.79 Å². The highest BCUT2D eigenvalue weighted by atomic mass is 32.1. The van der Waals surface area contributed by atoms with Crippen LogP contribution in [0.3, 0.4) is 0 Å². The molecular formula is C12H19N3OS. The predicted octanol–water partition coefficient (Wildman–Crippen LogP) is 1.55. The summed E-state index contributed by atoms with van der Waals surface area (Å²) in [5.41, 5.74) is 2.98. The molecule has 94 valence electrons. The van der Waals surface area contributed by atoms with E-state index < -0.39 is 0 Å². The second-order valence-corrected chi connectivity index (χ2v) is 5.53. The van der Waals surface area contributed by atoms with Crippen LogP contribution in [-0.2, 0) is 11.3 Å². The van der Waals surface area contributed by atoms with Gasteiger partial charge in [0, 0.05) is 37.0 Å². The first-order valence-corrected chi connectivity index (χ1v) is 6.95. The highest BCUT2D eigenvalue weighted by molar-refractivity contribution is 7.09. The Balaban J connectivity index is 1.76. The maximum atomic E-state index is 11.5. The second-order valence-electron chi connectivity index (χ2n) is 4.59. The number of hydrogen-bond donors (Lipinski definition) is 1. The van der Waals surface area contributed by atoms with Gasteiger partial charge in [0.15, 0.2) is 0 Å². The molecule has 17 heavy (non-hydrogen) atoms. The molecule has 0 spiro atoms. The van der Waals surface area contributed by atoms with Crippen LogP contribution in [0, 0.1) is 6.92 Å². The van der Waals surface area contributed by atoms with Gasteiger partial charge in [-0.1, -0.05) is 0 Å². The molecular weight excluding hydrogens is 234 g/mol. The normalized spacial score (nSPS) is 17.8. The molecule has 4 nitrogen and oxygen atoms in total. The summed E-state index contributed by atoms with van der Waals surface area (Å²) in [6, 6.07) is 0.332. The van der Waals surface area contributed by atoms with E-state index in [0.717, 1.165) is 38.2 Å². The zero-order chi connectivity index (χ0) is 12.3. The predicted molar refractivity (Wildman–Crippen MR) is 69.0 cm³/mol. The van der Waals surface area contributed by atoms with E-state index in [2.05, 4.69) is 17.2 Å². The Morgan fingerprint density at radius 1 is 1.65 bits per heavy atom. The minimum absolute atomic E-state index is 0.299. The highest BCUT2D eigenvalue weighted by Crippen LogP contribution is 2.13. The number of nitrogens with zero attached hydrogens (tertiary/aromatic N) is 2. The Kier molecular flexibility index (Phi) is 4.12. The molecule has 1 aromatic heterocycles. The zero-order valence-corrected chi connectivity index (χ0v) is 11.2. The molecule has 1 unspecified atom stereocenters. The van der Waals surface area contributed by atoms with Crippen LogP contribution in [0.5, 0.6) is 0 Å². The fraction of sp³-hybridized carbons (Fsp3) is 0.667. The van der Waals surface area contributed by atoms with Crippen molar-refractivity contribution in [2.45, 2.75) is 39.3 Å². The summed E-state index contributed by atoms with van der Waals surface area (Å²) in [4.78, 5) is 18.9. The van der Waals surface area contributed by atoms with E-state index in [1.807, 2.05) is 17.3 Å². The van der Waals surface area contributed by atoms with Crippen LogP contribution in [0.25, 0.3) is 0 Å². The van der Waals surface area contributed by atoms with E-state index >= 15 is 0 Å². The van der Waals surface area contributed by atoms with Crippen molar-refractivity contribution in [2.24, 2.45) is 0 Å². The molecule has 2 rings (SSSR count). The van der Waals surface area contributed by atoms with Gasteiger partial charge in [0.05, 0.1) is 11.2 Å². The lowest BCUT2D eigenvalue weighted by Gasteiger charge is -2.21. The van der Waals surface area contributed by atoms with Crippen LogP contribution >= 0.6 is 11.3 Å². The molecule has 1 fully saturated rings. The first-order chi connectivity index (χ1) is 8.16. The number of amides is 1. The van der Waals surface area contributed by atoms with Crippen molar-refractivity contribution in [3.05, 3.63) is 16.1 Å². The molecule has 1 aliphatic rings. The molecule has 1 aliphatic heterocycles. The monoisotopic (exact) mass is 253 g/mol. The van der Waals surface area contributed by atoms with Gasteiger partial charge in [-0.2, -0.15) is 0 Å². The molecule has 1 N–H and O–H groups in total. The number of rotatable bonds is 5. The molecule has 0 saturated carbocycles. The van der Waals surface area contributed by atoms with E-state index in [9.17, 15) is 4.79 Å². The third-order valence-electron chi connectivity index (χ3n) is 3.12. The van der Waals surface area contributed by atoms with Gasteiger partial charge in [0.2, 0.25) is 5.91 Å². The molecule has 0 bridgehead atoms. The summed E-state index contributed by atoms with van der Waals surface area (Å²) in [5, 5.41) is 3.45. The molecule has 1 saturated heterocycles. The number of hydrogen-bond acceptors (Lipinski definition) is 4. The van der Waals surface area contributed by atoms with Gasteiger partial charge < -0.3 is 10.2 Å². The number of carbonyl (C=O) groups is 1. The van der Waals surface area contributed by atoms with Crippen LogP contribution in [-0.4, -0.2) is 34.9 Å². The van der Waals surface area contributed by atoms with Crippen molar-refractivity contribution in [3.63, 3.8) is 0 Å². The molecule has 1 atom stereocenters. The average molecular weight is 253 g/mol. The smallest absolute Gasteiger partial charge is 0.222 e. The van der Waals surface area contributed by atoms with Gasteiger partial charge in [-0.25, -0.2) is 4.98 Å². The summed E-state index contributed by atoms with van der Waals surface area (Å²) in [6.45, 7) is 6.74. The Labute approximate surface area is 106 Å². The number of likely N-dealkylation sites (tertiary alicyclic amines) is 1. The van der Waals surface area contributed by atoms with Gasteiger partial charge >= 0.3 is 0 Å². The first-order valence-electron chi connectivity index (χ1n) is 6.07. The van der Waals surface area contributed by atoms with Crippen LogP contribution < -0.4 is 5.32 Å². The van der Waals surface area contributed by atoms with E-state index in [0.29, 0.717) is 11.9 Å². The van der Waals surface area contributed by atoms with Crippen molar-refractivity contribution in [3.8, 4) is 0 Å². The number of carbonyl (C=O) groups excluding carboxylic acids is 1. The summed E-state index contributed by atoms with van der Waals surface area (Å²) in [5.74, 6) is 0.299. The lowest BCUT2D eigenvalue weighted by molar-refractivity contribution is -0.127. The Morgan fingerprint density at radius 3 is 3.06 bits per heavy atom. The van der Waals surface area contributed by atoms with Crippen LogP contribution in [0.1, 0.15) is 30.3 Å². The standard InChI is InChI=1S/C12H19N3OS/c1-9(7-15-5-3-4-12(15)16)13-6-11-10(2)14-8-17-11/h8-9,13H,3-7H2,1-2H3. The average Bonchev–Trinajstić information content (AvgIpc) is 2.86. The molecule has 0 radical (unpaired) electrons. The zero-order valence-electron chi connectivity index (χ0n) is 10.4. The largest absolute Gasteiger partial charge is 0.341 e. The number of thiazole rings is 1. The molecule has 1 aromatic rings. The van der Waals surface area contributed by atoms with Crippen molar-refractivity contribution in [1.29, 1.82) is 0 Å². The molecule has 1 amide bonds. The topological polar surface area (TPSA) is 45.2 Å². The van der Waals surface area contributed by atoms with Gasteiger partial charge in [0.1, 0.15) is 0 Å². The molecule has 5 heteroatoms. The van der Waals surface area contributed by atoms with Crippen molar-refractivity contribution < 1.29 is 4.79 Å². The lowest BCUT2D eigenvalue weighted by Crippen LogP contribution is -2.39.